The second-order valence-electron chi connectivity index (χ2n) is 8.94. The molecule has 2 heterocycles. The maximum Gasteiger partial charge on any atom is 0.238 e. The molecule has 1 amide bonds. The lowest BCUT2D eigenvalue weighted by atomic mass is 9.46. The number of para-hydroxylation sites is 1. The Balaban J connectivity index is 1.73. The number of amides is 1. The first-order valence-corrected chi connectivity index (χ1v) is 10.9. The monoisotopic (exact) mass is 434 g/mol. The normalized spacial score (nSPS) is 27.6. The number of allylic oxidation sites excluding steroid dienone is 2. The van der Waals surface area contributed by atoms with Gasteiger partial charge in [-0.25, -0.2) is 0 Å². The van der Waals surface area contributed by atoms with Crippen molar-refractivity contribution in [1.29, 1.82) is 15.8 Å². The number of likely N-dealkylation sites (tertiary alicyclic amines) is 1. The van der Waals surface area contributed by atoms with Crippen LogP contribution in [0.3, 0.4) is 0 Å². The summed E-state index contributed by atoms with van der Waals surface area (Å²) in [4.78, 5) is 16.0. The summed E-state index contributed by atoms with van der Waals surface area (Å²) in [7, 11) is 0. The molecule has 1 aliphatic carbocycles. The molecule has 0 saturated carbocycles. The van der Waals surface area contributed by atoms with Crippen molar-refractivity contribution in [3.8, 4) is 18.2 Å². The number of hydrogen-bond acceptors (Lipinski definition) is 6. The zero-order chi connectivity index (χ0) is 23.2. The van der Waals surface area contributed by atoms with Crippen molar-refractivity contribution in [2.24, 2.45) is 23.0 Å². The van der Waals surface area contributed by atoms with Gasteiger partial charge < -0.3 is 11.1 Å². The van der Waals surface area contributed by atoms with Gasteiger partial charge in [0.2, 0.25) is 11.3 Å². The number of hydrogen-bond donors (Lipinski definition) is 2. The number of anilines is 1. The smallest absolute Gasteiger partial charge is 0.238 e. The highest BCUT2D eigenvalue weighted by Crippen LogP contribution is 2.62. The SMILES string of the molecule is N#CC1=C(N)C(C#N)(C#N)[C@]2(C(=O)Nc3ccccc32)[C@H]2CN(Cc3ccccc3)CC[C@@H]12. The van der Waals surface area contributed by atoms with E-state index >= 15 is 0 Å². The standard InChI is InChI=1S/C26H22N6O/c27-12-19-18-10-11-32(13-17-6-2-1-3-7-17)14-21(18)26(25(15-28,16-29)23(19)30)20-8-4-5-9-22(20)31-24(26)33/h1-9,18,21H,10-11,13-14,30H2,(H,31,33)/t18-,21-,26-/m0/s1. The highest BCUT2D eigenvalue weighted by molar-refractivity contribution is 6.09. The second-order valence-corrected chi connectivity index (χ2v) is 8.94. The van der Waals surface area contributed by atoms with E-state index in [1.807, 2.05) is 30.3 Å². The highest BCUT2D eigenvalue weighted by Gasteiger charge is 2.72. The molecule has 33 heavy (non-hydrogen) atoms. The van der Waals surface area contributed by atoms with Gasteiger partial charge in [-0.2, -0.15) is 15.8 Å². The minimum Gasteiger partial charge on any atom is -0.399 e. The maximum absolute atomic E-state index is 13.8. The van der Waals surface area contributed by atoms with Gasteiger partial charge in [-0.1, -0.05) is 48.5 Å². The van der Waals surface area contributed by atoms with Crippen LogP contribution in [0.15, 0.2) is 65.9 Å². The van der Waals surface area contributed by atoms with Gasteiger partial charge in [-0.05, 0) is 30.2 Å². The summed E-state index contributed by atoms with van der Waals surface area (Å²) in [5.74, 6) is -1.17. The van der Waals surface area contributed by atoms with Crippen LogP contribution in [0.5, 0.6) is 0 Å². The Hall–Kier alpha value is -4.12. The van der Waals surface area contributed by atoms with Crippen LogP contribution in [0, 0.1) is 51.2 Å². The van der Waals surface area contributed by atoms with E-state index in [9.17, 15) is 20.6 Å². The third-order valence-electron chi connectivity index (χ3n) is 7.57. The number of rotatable bonds is 2. The van der Waals surface area contributed by atoms with Gasteiger partial charge in [0.25, 0.3) is 0 Å². The van der Waals surface area contributed by atoms with Gasteiger partial charge >= 0.3 is 0 Å². The van der Waals surface area contributed by atoms with E-state index in [-0.39, 0.29) is 17.2 Å². The Morgan fingerprint density at radius 3 is 2.45 bits per heavy atom. The molecule has 2 aliphatic heterocycles. The van der Waals surface area contributed by atoms with Crippen LogP contribution < -0.4 is 11.1 Å². The summed E-state index contributed by atoms with van der Waals surface area (Å²) in [6.45, 7) is 1.86. The van der Waals surface area contributed by atoms with Gasteiger partial charge in [0.1, 0.15) is 5.41 Å². The van der Waals surface area contributed by atoms with E-state index in [0.717, 1.165) is 12.1 Å². The fraction of sp³-hybridized carbons (Fsp3) is 0.308. The third kappa shape index (κ3) is 2.59. The number of benzene rings is 2. The van der Waals surface area contributed by atoms with Crippen LogP contribution in [0.2, 0.25) is 0 Å². The quantitative estimate of drug-likeness (QED) is 0.747. The maximum atomic E-state index is 13.8. The molecule has 0 aromatic heterocycles. The molecule has 5 rings (SSSR count). The second kappa shape index (κ2) is 7.48. The van der Waals surface area contributed by atoms with Crippen LogP contribution >= 0.6 is 0 Å². The molecule has 1 saturated heterocycles. The summed E-state index contributed by atoms with van der Waals surface area (Å²) >= 11 is 0. The van der Waals surface area contributed by atoms with Gasteiger partial charge in [0.15, 0.2) is 0 Å². The molecule has 3 aliphatic rings. The van der Waals surface area contributed by atoms with Gasteiger partial charge in [-0.3, -0.25) is 9.69 Å². The van der Waals surface area contributed by atoms with E-state index in [4.69, 9.17) is 5.73 Å². The minimum absolute atomic E-state index is 0.0837. The molecule has 0 bridgehead atoms. The summed E-state index contributed by atoms with van der Waals surface area (Å²) in [5.41, 5.74) is 5.48. The topological polar surface area (TPSA) is 130 Å². The van der Waals surface area contributed by atoms with Crippen LogP contribution in [-0.2, 0) is 16.8 Å². The number of nitrogens with zero attached hydrogens (tertiary/aromatic N) is 4. The summed E-state index contributed by atoms with van der Waals surface area (Å²) in [6, 6.07) is 23.6. The van der Waals surface area contributed by atoms with E-state index in [0.29, 0.717) is 30.8 Å². The minimum atomic E-state index is -1.98. The zero-order valence-corrected chi connectivity index (χ0v) is 18.0. The lowest BCUT2D eigenvalue weighted by Gasteiger charge is -2.54. The third-order valence-corrected chi connectivity index (χ3v) is 7.57. The van der Waals surface area contributed by atoms with Gasteiger partial charge in [0.05, 0.1) is 29.5 Å². The molecular formula is C26H22N6O. The lowest BCUT2D eigenvalue weighted by molar-refractivity contribution is -0.128. The number of carbonyl (C=O) groups is 1. The molecule has 1 spiro atoms. The number of fused-ring (bicyclic) bond motifs is 4. The zero-order valence-electron chi connectivity index (χ0n) is 18.0. The average molecular weight is 435 g/mol. The molecule has 3 atom stereocenters. The number of piperidine rings is 1. The van der Waals surface area contributed by atoms with Crippen molar-refractivity contribution in [2.75, 3.05) is 18.4 Å². The van der Waals surface area contributed by atoms with Gasteiger partial charge in [0, 0.05) is 30.6 Å². The Bertz CT molecular complexity index is 1280. The fourth-order valence-corrected chi connectivity index (χ4v) is 6.17. The van der Waals surface area contributed by atoms with Crippen molar-refractivity contribution >= 4 is 11.6 Å². The van der Waals surface area contributed by atoms with Crippen molar-refractivity contribution in [3.63, 3.8) is 0 Å². The van der Waals surface area contributed by atoms with Crippen molar-refractivity contribution in [2.45, 2.75) is 18.4 Å². The summed E-state index contributed by atoms with van der Waals surface area (Å²) < 4.78 is 0. The van der Waals surface area contributed by atoms with Crippen LogP contribution in [0.4, 0.5) is 5.69 Å². The predicted molar refractivity (Wildman–Crippen MR) is 121 cm³/mol. The van der Waals surface area contributed by atoms with Gasteiger partial charge in [-0.15, -0.1) is 0 Å². The van der Waals surface area contributed by atoms with E-state index in [2.05, 4.69) is 28.4 Å². The first kappa shape index (κ1) is 20.8. The lowest BCUT2D eigenvalue weighted by Crippen LogP contribution is -2.65. The molecule has 7 heteroatoms. The average Bonchev–Trinajstić information content (AvgIpc) is 3.14. The van der Waals surface area contributed by atoms with E-state index < -0.39 is 22.7 Å². The van der Waals surface area contributed by atoms with E-state index in [1.54, 1.807) is 24.3 Å². The molecular weight excluding hydrogens is 412 g/mol. The molecule has 7 nitrogen and oxygen atoms in total. The molecule has 2 aromatic carbocycles. The Kier molecular flexibility index (Phi) is 4.71. The van der Waals surface area contributed by atoms with Crippen LogP contribution in [0.25, 0.3) is 0 Å². The Labute approximate surface area is 192 Å². The molecule has 2 aromatic rings. The van der Waals surface area contributed by atoms with Crippen LogP contribution in [-0.4, -0.2) is 23.9 Å². The fourth-order valence-electron chi connectivity index (χ4n) is 6.17. The molecule has 162 valence electrons. The van der Waals surface area contributed by atoms with Crippen molar-refractivity contribution in [1.82, 2.24) is 4.90 Å². The number of nitrogens with one attached hydrogen (secondary N) is 1. The molecule has 0 unspecified atom stereocenters. The Morgan fingerprint density at radius 1 is 1.06 bits per heavy atom. The summed E-state index contributed by atoms with van der Waals surface area (Å²) in [6.07, 6.45) is 0.616. The first-order valence-electron chi connectivity index (χ1n) is 10.9. The number of nitrogens with two attached hydrogens (primary N) is 1. The molecule has 0 radical (unpaired) electrons. The molecule has 3 N–H and O–H groups in total. The molecule has 1 fully saturated rings. The number of nitriles is 3. The highest BCUT2D eigenvalue weighted by atomic mass is 16.2. The number of carbonyl (C=O) groups excluding carboxylic acids is 1. The Morgan fingerprint density at radius 2 is 1.76 bits per heavy atom. The summed E-state index contributed by atoms with van der Waals surface area (Å²) in [5, 5.41) is 33.7. The first-order chi connectivity index (χ1) is 16.0. The predicted octanol–water partition coefficient (Wildman–Crippen LogP) is 2.80. The largest absolute Gasteiger partial charge is 0.399 e. The van der Waals surface area contributed by atoms with Crippen molar-refractivity contribution in [3.05, 3.63) is 77.0 Å². The van der Waals surface area contributed by atoms with Crippen LogP contribution in [0.1, 0.15) is 17.5 Å². The van der Waals surface area contributed by atoms with E-state index in [1.165, 1.54) is 0 Å². The van der Waals surface area contributed by atoms with Crippen molar-refractivity contribution < 1.29 is 4.79 Å².